The average Bonchev–Trinajstić information content (AvgIpc) is 3.03. The van der Waals surface area contributed by atoms with Crippen molar-refractivity contribution in [3.05, 3.63) is 47.5 Å². The maximum atomic E-state index is 12.5. The predicted octanol–water partition coefficient (Wildman–Crippen LogP) is 2.88. The number of pyridine rings is 1. The van der Waals surface area contributed by atoms with Crippen molar-refractivity contribution in [2.75, 3.05) is 17.2 Å². The third-order valence-corrected chi connectivity index (χ3v) is 4.35. The molecule has 0 bridgehead atoms. The van der Waals surface area contributed by atoms with Crippen LogP contribution in [0.5, 0.6) is 5.75 Å². The van der Waals surface area contributed by atoms with E-state index in [2.05, 4.69) is 15.6 Å². The number of aromatic nitrogens is 1. The van der Waals surface area contributed by atoms with E-state index in [1.54, 1.807) is 23.5 Å². The Hall–Kier alpha value is -2.93. The van der Waals surface area contributed by atoms with Gasteiger partial charge in [-0.3, -0.25) is 9.59 Å². The fraction of sp³-hybridized carbons (Fsp3) is 0.0625. The Kier molecular flexibility index (Phi) is 3.20. The zero-order valence-corrected chi connectivity index (χ0v) is 12.6. The number of rotatable bonds is 2. The number of hydrogen-bond donors (Lipinski definition) is 2. The number of nitrogens with one attached hydrogen (secondary N) is 2. The van der Waals surface area contributed by atoms with Crippen LogP contribution in [0.4, 0.5) is 11.5 Å². The number of thiophene rings is 1. The van der Waals surface area contributed by atoms with Crippen molar-refractivity contribution < 1.29 is 14.3 Å². The van der Waals surface area contributed by atoms with E-state index in [1.165, 1.54) is 6.20 Å². The third kappa shape index (κ3) is 2.51. The molecule has 2 amide bonds. The van der Waals surface area contributed by atoms with E-state index in [0.29, 0.717) is 22.8 Å². The molecule has 1 aliphatic rings. The highest BCUT2D eigenvalue weighted by Gasteiger charge is 2.18. The lowest BCUT2D eigenvalue weighted by atomic mass is 10.1. The van der Waals surface area contributed by atoms with Gasteiger partial charge in [0.1, 0.15) is 0 Å². The number of carbonyl (C=O) groups excluding carboxylic acids is 2. The average molecular weight is 325 g/mol. The fourth-order valence-electron chi connectivity index (χ4n) is 2.42. The zero-order valence-electron chi connectivity index (χ0n) is 11.8. The van der Waals surface area contributed by atoms with E-state index < -0.39 is 0 Å². The summed E-state index contributed by atoms with van der Waals surface area (Å²) in [6.07, 6.45) is 1.49. The normalized spacial score (nSPS) is 13.1. The number of carbonyl (C=O) groups is 2. The minimum absolute atomic E-state index is 0.0553. The van der Waals surface area contributed by atoms with Crippen LogP contribution in [0.2, 0.25) is 0 Å². The van der Waals surface area contributed by atoms with Crippen LogP contribution in [0.25, 0.3) is 10.1 Å². The maximum Gasteiger partial charge on any atom is 0.263 e. The lowest BCUT2D eigenvalue weighted by molar-refractivity contribution is -0.118. The van der Waals surface area contributed by atoms with Crippen LogP contribution in [-0.2, 0) is 4.79 Å². The topological polar surface area (TPSA) is 80.3 Å². The Morgan fingerprint density at radius 3 is 3.17 bits per heavy atom. The fourth-order valence-corrected chi connectivity index (χ4v) is 3.23. The highest BCUT2D eigenvalue weighted by Crippen LogP contribution is 2.29. The molecule has 0 fully saturated rings. The van der Waals surface area contributed by atoms with Gasteiger partial charge in [0.2, 0.25) is 0 Å². The molecule has 0 saturated carbocycles. The molecule has 4 rings (SSSR count). The summed E-state index contributed by atoms with van der Waals surface area (Å²) in [4.78, 5) is 27.8. The lowest BCUT2D eigenvalue weighted by Crippen LogP contribution is -2.26. The number of hydrogen-bond acceptors (Lipinski definition) is 5. The van der Waals surface area contributed by atoms with Gasteiger partial charge in [-0.25, -0.2) is 4.98 Å². The first-order valence-electron chi connectivity index (χ1n) is 6.91. The Bertz CT molecular complexity index is 935. The molecule has 0 saturated heterocycles. The quantitative estimate of drug-likeness (QED) is 0.759. The van der Waals surface area contributed by atoms with Crippen LogP contribution in [0.15, 0.2) is 41.9 Å². The largest absolute Gasteiger partial charge is 0.480 e. The van der Waals surface area contributed by atoms with Crippen molar-refractivity contribution in [3.63, 3.8) is 0 Å². The van der Waals surface area contributed by atoms with E-state index >= 15 is 0 Å². The maximum absolute atomic E-state index is 12.5. The summed E-state index contributed by atoms with van der Waals surface area (Å²) in [6.45, 7) is -0.0553. The molecule has 7 heteroatoms. The van der Waals surface area contributed by atoms with Crippen molar-refractivity contribution >= 4 is 44.7 Å². The number of ether oxygens (including phenoxy) is 1. The molecule has 0 spiro atoms. The van der Waals surface area contributed by atoms with Crippen molar-refractivity contribution in [2.45, 2.75) is 0 Å². The minimum Gasteiger partial charge on any atom is -0.480 e. The predicted molar refractivity (Wildman–Crippen MR) is 88.1 cm³/mol. The molecular weight excluding hydrogens is 314 g/mol. The van der Waals surface area contributed by atoms with Gasteiger partial charge >= 0.3 is 0 Å². The highest BCUT2D eigenvalue weighted by molar-refractivity contribution is 7.17. The van der Waals surface area contributed by atoms with Gasteiger partial charge in [0, 0.05) is 21.7 Å². The number of fused-ring (bicyclic) bond motifs is 2. The van der Waals surface area contributed by atoms with Gasteiger partial charge in [0.25, 0.3) is 11.8 Å². The number of anilines is 2. The Morgan fingerprint density at radius 2 is 2.26 bits per heavy atom. The van der Waals surface area contributed by atoms with Crippen LogP contribution in [0, 0.1) is 0 Å². The van der Waals surface area contributed by atoms with Crippen LogP contribution >= 0.6 is 11.3 Å². The molecular formula is C16H11N3O3S. The van der Waals surface area contributed by atoms with Gasteiger partial charge in [-0.15, -0.1) is 11.3 Å². The van der Waals surface area contributed by atoms with Gasteiger partial charge in [0.15, 0.2) is 18.2 Å². The second kappa shape index (κ2) is 5.36. The SMILES string of the molecule is O=C1COc2cc(NC(=O)c3cccc4sccc34)cnc2N1. The van der Waals surface area contributed by atoms with Crippen LogP contribution in [0.1, 0.15) is 10.4 Å². The van der Waals surface area contributed by atoms with Crippen molar-refractivity contribution in [3.8, 4) is 5.75 Å². The molecule has 1 aromatic carbocycles. The van der Waals surface area contributed by atoms with Crippen LogP contribution < -0.4 is 15.4 Å². The molecule has 6 nitrogen and oxygen atoms in total. The molecule has 0 aliphatic carbocycles. The second-order valence-corrected chi connectivity index (χ2v) is 5.95. The van der Waals surface area contributed by atoms with Crippen molar-refractivity contribution in [1.82, 2.24) is 4.98 Å². The van der Waals surface area contributed by atoms with E-state index in [1.807, 2.05) is 23.6 Å². The minimum atomic E-state index is -0.245. The summed E-state index contributed by atoms with van der Waals surface area (Å²) < 4.78 is 6.36. The first kappa shape index (κ1) is 13.7. The van der Waals surface area contributed by atoms with Gasteiger partial charge in [0.05, 0.1) is 11.9 Å². The van der Waals surface area contributed by atoms with E-state index in [4.69, 9.17) is 4.74 Å². The summed E-state index contributed by atoms with van der Waals surface area (Å²) in [7, 11) is 0. The molecule has 0 radical (unpaired) electrons. The first-order chi connectivity index (χ1) is 11.2. The number of amides is 2. The molecule has 23 heavy (non-hydrogen) atoms. The van der Waals surface area contributed by atoms with E-state index in [0.717, 1.165) is 10.1 Å². The van der Waals surface area contributed by atoms with Crippen molar-refractivity contribution in [1.29, 1.82) is 0 Å². The summed E-state index contributed by atoms with van der Waals surface area (Å²) in [5, 5.41) is 8.30. The zero-order chi connectivity index (χ0) is 15.8. The Balaban J connectivity index is 1.62. The molecule has 114 valence electrons. The lowest BCUT2D eigenvalue weighted by Gasteiger charge is -2.17. The smallest absolute Gasteiger partial charge is 0.263 e. The third-order valence-electron chi connectivity index (χ3n) is 3.47. The number of nitrogens with zero attached hydrogens (tertiary/aromatic N) is 1. The van der Waals surface area contributed by atoms with Gasteiger partial charge in [-0.05, 0) is 23.6 Å². The van der Waals surface area contributed by atoms with E-state index in [9.17, 15) is 9.59 Å². The standard InChI is InChI=1S/C16H11N3O3S/c20-14-8-22-12-6-9(7-17-15(12)19-14)18-16(21)11-2-1-3-13-10(11)4-5-23-13/h1-7H,8H2,(H,18,21)(H,17,19,20). The Labute approximate surface area is 135 Å². The summed E-state index contributed by atoms with van der Waals surface area (Å²) >= 11 is 1.59. The molecule has 0 atom stereocenters. The molecule has 1 aliphatic heterocycles. The molecule has 3 aromatic rings. The second-order valence-electron chi connectivity index (χ2n) is 5.00. The highest BCUT2D eigenvalue weighted by atomic mass is 32.1. The summed E-state index contributed by atoms with van der Waals surface area (Å²) in [5.74, 6) is 0.344. The molecule has 2 N–H and O–H groups in total. The molecule has 0 unspecified atom stereocenters. The monoisotopic (exact) mass is 325 g/mol. The van der Waals surface area contributed by atoms with Gasteiger partial charge in [-0.2, -0.15) is 0 Å². The van der Waals surface area contributed by atoms with Gasteiger partial charge in [-0.1, -0.05) is 6.07 Å². The van der Waals surface area contributed by atoms with Crippen molar-refractivity contribution in [2.24, 2.45) is 0 Å². The Morgan fingerprint density at radius 1 is 1.35 bits per heavy atom. The van der Waals surface area contributed by atoms with Crippen LogP contribution in [-0.4, -0.2) is 23.4 Å². The van der Waals surface area contributed by atoms with Crippen LogP contribution in [0.3, 0.4) is 0 Å². The summed E-state index contributed by atoms with van der Waals surface area (Å²) in [6, 6.07) is 9.20. The number of benzene rings is 1. The van der Waals surface area contributed by atoms with Gasteiger partial charge < -0.3 is 15.4 Å². The first-order valence-corrected chi connectivity index (χ1v) is 7.79. The molecule has 2 aromatic heterocycles. The summed E-state index contributed by atoms with van der Waals surface area (Å²) in [5.41, 5.74) is 1.12. The molecule has 3 heterocycles. The van der Waals surface area contributed by atoms with E-state index in [-0.39, 0.29) is 18.4 Å².